The van der Waals surface area contributed by atoms with Gasteiger partial charge in [-0.3, -0.25) is 0 Å². The smallest absolute Gasteiger partial charge is 0.337 e. The van der Waals surface area contributed by atoms with Gasteiger partial charge in [0.15, 0.2) is 0 Å². The zero-order valence-electron chi connectivity index (χ0n) is 13.2. The molecule has 3 rings (SSSR count). The van der Waals surface area contributed by atoms with Crippen molar-refractivity contribution in [2.45, 2.75) is 6.42 Å². The summed E-state index contributed by atoms with van der Waals surface area (Å²) in [4.78, 5) is 11.7. The van der Waals surface area contributed by atoms with Crippen molar-refractivity contribution >= 4 is 11.5 Å². The normalized spacial score (nSPS) is 13.2. The molecule has 4 heteroatoms. The van der Waals surface area contributed by atoms with E-state index >= 15 is 0 Å². The van der Waals surface area contributed by atoms with Gasteiger partial charge in [0.2, 0.25) is 0 Å². The van der Waals surface area contributed by atoms with Gasteiger partial charge in [-0.2, -0.15) is 0 Å². The first kappa shape index (κ1) is 15.2. The lowest BCUT2D eigenvalue weighted by molar-refractivity contribution is 0.0600. The first-order valence-corrected chi connectivity index (χ1v) is 7.39. The van der Waals surface area contributed by atoms with Gasteiger partial charge < -0.3 is 14.2 Å². The molecule has 0 unspecified atom stereocenters. The van der Waals surface area contributed by atoms with E-state index in [1.165, 1.54) is 7.11 Å². The minimum absolute atomic E-state index is 0.347. The first-order chi connectivity index (χ1) is 11.2. The van der Waals surface area contributed by atoms with E-state index in [4.69, 9.17) is 14.2 Å². The average molecular weight is 310 g/mol. The Morgan fingerprint density at radius 2 is 1.96 bits per heavy atom. The molecule has 118 valence electrons. The van der Waals surface area contributed by atoms with E-state index in [0.29, 0.717) is 18.6 Å². The lowest BCUT2D eigenvalue weighted by Crippen LogP contribution is -2.03. The molecule has 4 nitrogen and oxygen atoms in total. The Morgan fingerprint density at radius 1 is 1.13 bits per heavy atom. The summed E-state index contributed by atoms with van der Waals surface area (Å²) < 4.78 is 16.0. The highest BCUT2D eigenvalue weighted by Crippen LogP contribution is 2.33. The number of esters is 1. The molecule has 0 aromatic heterocycles. The topological polar surface area (TPSA) is 44.8 Å². The summed E-state index contributed by atoms with van der Waals surface area (Å²) in [6.45, 7) is 0.484. The molecule has 2 aromatic rings. The molecule has 0 bridgehead atoms. The molecule has 0 saturated carbocycles. The van der Waals surface area contributed by atoms with Crippen LogP contribution in [-0.4, -0.2) is 26.8 Å². The van der Waals surface area contributed by atoms with Crippen molar-refractivity contribution < 1.29 is 19.0 Å². The van der Waals surface area contributed by atoms with Gasteiger partial charge in [-0.25, -0.2) is 4.79 Å². The maximum absolute atomic E-state index is 11.7. The second kappa shape index (κ2) is 6.57. The van der Waals surface area contributed by atoms with E-state index in [1.54, 1.807) is 13.2 Å². The lowest BCUT2D eigenvalue weighted by Gasteiger charge is -2.12. The summed E-state index contributed by atoms with van der Waals surface area (Å²) in [6, 6.07) is 13.3. The Hall–Kier alpha value is -2.75. The number of carbonyl (C=O) groups is 1. The summed E-state index contributed by atoms with van der Waals surface area (Å²) in [7, 11) is 3.04. The second-order valence-electron chi connectivity index (χ2n) is 5.23. The molecule has 0 amide bonds. The van der Waals surface area contributed by atoms with E-state index < -0.39 is 0 Å². The zero-order chi connectivity index (χ0) is 16.2. The number of hydrogen-bond donors (Lipinski definition) is 0. The highest BCUT2D eigenvalue weighted by Gasteiger charge is 2.17. The van der Waals surface area contributed by atoms with Gasteiger partial charge in [0.05, 0.1) is 19.8 Å². The lowest BCUT2D eigenvalue weighted by atomic mass is 9.96. The van der Waals surface area contributed by atoms with Crippen LogP contribution in [0.1, 0.15) is 21.5 Å². The number of ether oxygens (including phenoxy) is 3. The number of carbonyl (C=O) groups excluding carboxylic acids is 1. The zero-order valence-corrected chi connectivity index (χ0v) is 13.2. The Morgan fingerprint density at radius 3 is 2.74 bits per heavy atom. The fourth-order valence-electron chi connectivity index (χ4n) is 2.73. The molecule has 0 atom stereocenters. The summed E-state index contributed by atoms with van der Waals surface area (Å²) in [6.07, 6.45) is 2.72. The third-order valence-electron chi connectivity index (χ3n) is 3.88. The number of hydrogen-bond acceptors (Lipinski definition) is 4. The van der Waals surface area contributed by atoms with E-state index in [-0.39, 0.29) is 5.97 Å². The molecular weight excluding hydrogens is 292 g/mol. The van der Waals surface area contributed by atoms with E-state index in [9.17, 15) is 4.79 Å². The molecule has 0 spiro atoms. The van der Waals surface area contributed by atoms with Crippen molar-refractivity contribution in [2.24, 2.45) is 0 Å². The Bertz CT molecular complexity index is 762. The van der Waals surface area contributed by atoms with Crippen molar-refractivity contribution in [3.63, 3.8) is 0 Å². The van der Waals surface area contributed by atoms with Crippen molar-refractivity contribution in [3.8, 4) is 11.5 Å². The number of allylic oxidation sites excluding steroid dienone is 1. The quantitative estimate of drug-likeness (QED) is 0.814. The second-order valence-corrected chi connectivity index (χ2v) is 5.23. The van der Waals surface area contributed by atoms with Crippen LogP contribution in [0, 0.1) is 0 Å². The van der Waals surface area contributed by atoms with Gasteiger partial charge in [0.1, 0.15) is 18.1 Å². The minimum Gasteiger partial charge on any atom is -0.496 e. The van der Waals surface area contributed by atoms with E-state index in [2.05, 4.69) is 6.08 Å². The third-order valence-corrected chi connectivity index (χ3v) is 3.88. The van der Waals surface area contributed by atoms with Gasteiger partial charge in [-0.15, -0.1) is 0 Å². The maximum Gasteiger partial charge on any atom is 0.337 e. The first-order valence-electron chi connectivity index (χ1n) is 7.39. The van der Waals surface area contributed by atoms with Crippen LogP contribution in [-0.2, 0) is 11.2 Å². The Balaban J connectivity index is 1.98. The SMILES string of the molecule is COC(=O)c1ccc2c(c1)CC(c1ccccc1OC)=CCO2. The monoisotopic (exact) mass is 310 g/mol. The van der Waals surface area contributed by atoms with E-state index in [1.807, 2.05) is 36.4 Å². The number of rotatable bonds is 3. The number of benzene rings is 2. The largest absolute Gasteiger partial charge is 0.496 e. The molecule has 0 saturated heterocycles. The standard InChI is InChI=1S/C19H18O4/c1-21-18-6-4-3-5-16(18)13-9-10-23-17-8-7-14(19(20)22-2)12-15(17)11-13/h3-9,12H,10-11H2,1-2H3. The summed E-state index contributed by atoms with van der Waals surface area (Å²) >= 11 is 0. The summed E-state index contributed by atoms with van der Waals surface area (Å²) in [5.74, 6) is 1.27. The van der Waals surface area contributed by atoms with Gasteiger partial charge in [-0.05, 0) is 41.5 Å². The molecule has 2 aromatic carbocycles. The number of methoxy groups -OCH3 is 2. The van der Waals surface area contributed by atoms with Crippen molar-refractivity contribution in [3.05, 3.63) is 65.2 Å². The van der Waals surface area contributed by atoms with Crippen LogP contribution < -0.4 is 9.47 Å². The fraction of sp³-hybridized carbons (Fsp3) is 0.211. The summed E-state index contributed by atoms with van der Waals surface area (Å²) in [5.41, 5.74) is 3.64. The molecule has 1 aliphatic heterocycles. The predicted molar refractivity (Wildman–Crippen MR) is 88.0 cm³/mol. The Kier molecular flexibility index (Phi) is 4.33. The molecule has 0 fully saturated rings. The van der Waals surface area contributed by atoms with E-state index in [0.717, 1.165) is 28.2 Å². The molecule has 0 N–H and O–H groups in total. The van der Waals surface area contributed by atoms with Crippen LogP contribution in [0.2, 0.25) is 0 Å². The van der Waals surface area contributed by atoms with Crippen LogP contribution in [0.15, 0.2) is 48.5 Å². The average Bonchev–Trinajstić information content (AvgIpc) is 2.82. The van der Waals surface area contributed by atoms with Gasteiger partial charge in [0.25, 0.3) is 0 Å². The molecule has 1 aliphatic rings. The van der Waals surface area contributed by atoms with Gasteiger partial charge in [0, 0.05) is 12.0 Å². The van der Waals surface area contributed by atoms with Crippen LogP contribution in [0.25, 0.3) is 5.57 Å². The number of fused-ring (bicyclic) bond motifs is 1. The van der Waals surface area contributed by atoms with Gasteiger partial charge >= 0.3 is 5.97 Å². The van der Waals surface area contributed by atoms with Crippen LogP contribution >= 0.6 is 0 Å². The van der Waals surface area contributed by atoms with Crippen LogP contribution in [0.3, 0.4) is 0 Å². The van der Waals surface area contributed by atoms with Gasteiger partial charge in [-0.1, -0.05) is 18.2 Å². The van der Waals surface area contributed by atoms with Crippen molar-refractivity contribution in [2.75, 3.05) is 20.8 Å². The molecule has 1 heterocycles. The van der Waals surface area contributed by atoms with Crippen molar-refractivity contribution in [1.29, 1.82) is 0 Å². The van der Waals surface area contributed by atoms with Crippen LogP contribution in [0.4, 0.5) is 0 Å². The Labute approximate surface area is 135 Å². The molecule has 0 aliphatic carbocycles. The molecule has 23 heavy (non-hydrogen) atoms. The molecule has 0 radical (unpaired) electrons. The maximum atomic E-state index is 11.7. The molecular formula is C19H18O4. The fourth-order valence-corrected chi connectivity index (χ4v) is 2.73. The summed E-state index contributed by atoms with van der Waals surface area (Å²) in [5, 5.41) is 0. The third kappa shape index (κ3) is 3.06. The minimum atomic E-state index is -0.347. The number of para-hydroxylation sites is 1. The van der Waals surface area contributed by atoms with Crippen molar-refractivity contribution in [1.82, 2.24) is 0 Å². The van der Waals surface area contributed by atoms with Crippen LogP contribution in [0.5, 0.6) is 11.5 Å². The predicted octanol–water partition coefficient (Wildman–Crippen LogP) is 3.50. The highest BCUT2D eigenvalue weighted by atomic mass is 16.5. The highest BCUT2D eigenvalue weighted by molar-refractivity contribution is 5.90.